The van der Waals surface area contributed by atoms with Gasteiger partial charge in [0, 0.05) is 11.6 Å². The average molecular weight is 217 g/mol. The van der Waals surface area contributed by atoms with Crippen molar-refractivity contribution in [2.75, 3.05) is 7.11 Å². The molecule has 0 saturated heterocycles. The fourth-order valence-electron chi connectivity index (χ4n) is 1.36. The Morgan fingerprint density at radius 1 is 1.38 bits per heavy atom. The van der Waals surface area contributed by atoms with Gasteiger partial charge >= 0.3 is 0 Å². The molecule has 0 spiro atoms. The molecule has 0 atom stereocenters. The summed E-state index contributed by atoms with van der Waals surface area (Å²) in [6.07, 6.45) is 3.20. The van der Waals surface area contributed by atoms with Gasteiger partial charge in [-0.1, -0.05) is 12.1 Å². The zero-order valence-electron chi connectivity index (χ0n) is 9.73. The van der Waals surface area contributed by atoms with E-state index in [-0.39, 0.29) is 6.10 Å². The van der Waals surface area contributed by atoms with Crippen molar-refractivity contribution in [2.24, 2.45) is 0 Å². The van der Waals surface area contributed by atoms with Crippen LogP contribution in [0.2, 0.25) is 0 Å². The van der Waals surface area contributed by atoms with Crippen molar-refractivity contribution in [3.8, 4) is 17.6 Å². The lowest BCUT2D eigenvalue weighted by molar-refractivity contribution is 0.230. The minimum absolute atomic E-state index is 0.0871. The van der Waals surface area contributed by atoms with Crippen LogP contribution in [0.4, 0.5) is 0 Å². The van der Waals surface area contributed by atoms with Crippen LogP contribution in [0.15, 0.2) is 24.3 Å². The molecule has 1 aromatic carbocycles. The standard InChI is InChI=1S/C13H15NO2/c1-10(2)16-12-8-4-6-11(7-5-9-14)13(12)15-3/h4-8,10H,1-3H3/b7-5+. The average Bonchev–Trinajstić information content (AvgIpc) is 2.25. The highest BCUT2D eigenvalue weighted by atomic mass is 16.5. The van der Waals surface area contributed by atoms with Gasteiger partial charge in [0.1, 0.15) is 0 Å². The number of methoxy groups -OCH3 is 1. The molecule has 0 heterocycles. The van der Waals surface area contributed by atoms with Gasteiger partial charge in [-0.05, 0) is 26.0 Å². The zero-order chi connectivity index (χ0) is 12.0. The van der Waals surface area contributed by atoms with Crippen LogP contribution in [0.5, 0.6) is 11.5 Å². The topological polar surface area (TPSA) is 42.2 Å². The number of ether oxygens (including phenoxy) is 2. The number of allylic oxidation sites excluding steroid dienone is 1. The molecule has 3 heteroatoms. The molecule has 0 aromatic heterocycles. The third-order valence-corrected chi connectivity index (χ3v) is 1.91. The molecule has 84 valence electrons. The molecule has 0 fully saturated rings. The lowest BCUT2D eigenvalue weighted by Gasteiger charge is -2.14. The highest BCUT2D eigenvalue weighted by molar-refractivity contribution is 5.63. The molecule has 1 aromatic rings. The third kappa shape index (κ3) is 3.03. The molecule has 0 radical (unpaired) electrons. The fraction of sp³-hybridized carbons (Fsp3) is 0.308. The van der Waals surface area contributed by atoms with E-state index >= 15 is 0 Å². The Labute approximate surface area is 95.9 Å². The van der Waals surface area contributed by atoms with Gasteiger partial charge in [-0.2, -0.15) is 5.26 Å². The number of nitriles is 1. The Morgan fingerprint density at radius 3 is 2.69 bits per heavy atom. The largest absolute Gasteiger partial charge is 0.492 e. The van der Waals surface area contributed by atoms with Gasteiger partial charge in [-0.3, -0.25) is 0 Å². The summed E-state index contributed by atoms with van der Waals surface area (Å²) in [5.41, 5.74) is 0.835. The number of hydrogen-bond donors (Lipinski definition) is 0. The first kappa shape index (κ1) is 12.1. The van der Waals surface area contributed by atoms with Crippen LogP contribution in [-0.2, 0) is 0 Å². The SMILES string of the molecule is COc1c(/C=C/C#N)cccc1OC(C)C. The maximum Gasteiger partial charge on any atom is 0.167 e. The van der Waals surface area contributed by atoms with Gasteiger partial charge in [0.15, 0.2) is 11.5 Å². The maximum atomic E-state index is 8.50. The van der Waals surface area contributed by atoms with E-state index in [2.05, 4.69) is 0 Å². The van der Waals surface area contributed by atoms with Crippen molar-refractivity contribution in [3.63, 3.8) is 0 Å². The molecule has 1 rings (SSSR count). The van der Waals surface area contributed by atoms with Crippen LogP contribution in [0.3, 0.4) is 0 Å². The third-order valence-electron chi connectivity index (χ3n) is 1.91. The smallest absolute Gasteiger partial charge is 0.167 e. The summed E-state index contributed by atoms with van der Waals surface area (Å²) in [6.45, 7) is 3.91. The van der Waals surface area contributed by atoms with E-state index < -0.39 is 0 Å². The van der Waals surface area contributed by atoms with Crippen molar-refractivity contribution in [1.29, 1.82) is 5.26 Å². The van der Waals surface area contributed by atoms with Crippen molar-refractivity contribution >= 4 is 6.08 Å². The minimum Gasteiger partial charge on any atom is -0.492 e. The van der Waals surface area contributed by atoms with Crippen molar-refractivity contribution in [3.05, 3.63) is 29.8 Å². The van der Waals surface area contributed by atoms with Gasteiger partial charge in [0.2, 0.25) is 0 Å². The second-order valence-electron chi connectivity index (χ2n) is 3.51. The summed E-state index contributed by atoms with van der Waals surface area (Å²) in [5.74, 6) is 1.35. The van der Waals surface area contributed by atoms with E-state index in [1.54, 1.807) is 13.2 Å². The molecule has 16 heavy (non-hydrogen) atoms. The van der Waals surface area contributed by atoms with Crippen LogP contribution in [0, 0.1) is 11.3 Å². The first-order chi connectivity index (χ1) is 7.69. The van der Waals surface area contributed by atoms with E-state index in [0.29, 0.717) is 11.5 Å². The molecule has 0 aliphatic heterocycles. The Hall–Kier alpha value is -1.95. The minimum atomic E-state index is 0.0871. The second-order valence-corrected chi connectivity index (χ2v) is 3.51. The lowest BCUT2D eigenvalue weighted by Crippen LogP contribution is -2.07. The van der Waals surface area contributed by atoms with Crippen molar-refractivity contribution < 1.29 is 9.47 Å². The summed E-state index contributed by atoms with van der Waals surface area (Å²) in [7, 11) is 1.59. The fourth-order valence-corrected chi connectivity index (χ4v) is 1.36. The van der Waals surface area contributed by atoms with Gasteiger partial charge in [-0.25, -0.2) is 0 Å². The molecule has 0 bridgehead atoms. The predicted molar refractivity (Wildman–Crippen MR) is 63.4 cm³/mol. The van der Waals surface area contributed by atoms with Gasteiger partial charge in [0.05, 0.1) is 19.3 Å². The molecule has 0 N–H and O–H groups in total. The van der Waals surface area contributed by atoms with E-state index in [9.17, 15) is 0 Å². The summed E-state index contributed by atoms with van der Waals surface area (Å²) in [5, 5.41) is 8.50. The Bertz CT molecular complexity index is 416. The molecule has 0 aliphatic carbocycles. The predicted octanol–water partition coefficient (Wildman–Crippen LogP) is 3.02. The molecule has 3 nitrogen and oxygen atoms in total. The molecule has 0 amide bonds. The van der Waals surface area contributed by atoms with Crippen molar-refractivity contribution in [1.82, 2.24) is 0 Å². The molecular weight excluding hydrogens is 202 g/mol. The van der Waals surface area contributed by atoms with E-state index in [0.717, 1.165) is 5.56 Å². The first-order valence-corrected chi connectivity index (χ1v) is 5.09. The van der Waals surface area contributed by atoms with E-state index in [1.807, 2.05) is 38.1 Å². The van der Waals surface area contributed by atoms with Gasteiger partial charge in [-0.15, -0.1) is 0 Å². The van der Waals surface area contributed by atoms with Crippen LogP contribution in [-0.4, -0.2) is 13.2 Å². The molecule has 0 unspecified atom stereocenters. The highest BCUT2D eigenvalue weighted by Gasteiger charge is 2.09. The lowest BCUT2D eigenvalue weighted by atomic mass is 10.1. The molecular formula is C13H15NO2. The van der Waals surface area contributed by atoms with Gasteiger partial charge < -0.3 is 9.47 Å². The van der Waals surface area contributed by atoms with Crippen LogP contribution in [0.1, 0.15) is 19.4 Å². The summed E-state index contributed by atoms with van der Waals surface area (Å²) < 4.78 is 10.9. The number of para-hydroxylation sites is 1. The first-order valence-electron chi connectivity index (χ1n) is 5.09. The van der Waals surface area contributed by atoms with Crippen LogP contribution in [0.25, 0.3) is 6.08 Å². The summed E-state index contributed by atoms with van der Waals surface area (Å²) >= 11 is 0. The van der Waals surface area contributed by atoms with E-state index in [1.165, 1.54) is 6.08 Å². The molecule has 0 aliphatic rings. The zero-order valence-corrected chi connectivity index (χ0v) is 9.73. The second kappa shape index (κ2) is 5.82. The maximum absolute atomic E-state index is 8.50. The van der Waals surface area contributed by atoms with E-state index in [4.69, 9.17) is 14.7 Å². The summed E-state index contributed by atoms with van der Waals surface area (Å²) in [4.78, 5) is 0. The summed E-state index contributed by atoms with van der Waals surface area (Å²) in [6, 6.07) is 7.55. The normalized spacial score (nSPS) is 10.4. The Kier molecular flexibility index (Phi) is 4.41. The quantitative estimate of drug-likeness (QED) is 0.728. The van der Waals surface area contributed by atoms with Crippen LogP contribution < -0.4 is 9.47 Å². The number of hydrogen-bond acceptors (Lipinski definition) is 3. The number of benzene rings is 1. The Morgan fingerprint density at radius 2 is 2.12 bits per heavy atom. The number of rotatable bonds is 4. The van der Waals surface area contributed by atoms with Crippen LogP contribution >= 0.6 is 0 Å². The molecule has 0 saturated carbocycles. The highest BCUT2D eigenvalue weighted by Crippen LogP contribution is 2.32. The monoisotopic (exact) mass is 217 g/mol. The van der Waals surface area contributed by atoms with Gasteiger partial charge in [0.25, 0.3) is 0 Å². The Balaban J connectivity index is 3.11. The van der Waals surface area contributed by atoms with Crippen molar-refractivity contribution in [2.45, 2.75) is 20.0 Å². The number of nitrogens with zero attached hydrogens (tertiary/aromatic N) is 1.